The van der Waals surface area contributed by atoms with Crippen LogP contribution in [0.15, 0.2) is 36.4 Å². The van der Waals surface area contributed by atoms with Crippen molar-refractivity contribution >= 4 is 16.5 Å². The summed E-state index contributed by atoms with van der Waals surface area (Å²) in [6, 6.07) is 15.6. The molecule has 0 N–H and O–H groups in total. The number of benzene rings is 2. The van der Waals surface area contributed by atoms with E-state index in [-0.39, 0.29) is 0 Å². The predicted octanol–water partition coefficient (Wildman–Crippen LogP) is 3.24. The molecule has 2 aromatic rings. The van der Waals surface area contributed by atoms with E-state index < -0.39 is 0 Å². The zero-order chi connectivity index (χ0) is 15.0. The van der Waals surface area contributed by atoms with Crippen LogP contribution in [0.3, 0.4) is 0 Å². The SMILES string of the molecule is CC1CN(c2ccc(C#N)c3ccccc23)CC(C)N1C. The fourth-order valence-corrected chi connectivity index (χ4v) is 3.26. The van der Waals surface area contributed by atoms with Gasteiger partial charge in [-0.15, -0.1) is 0 Å². The average molecular weight is 279 g/mol. The van der Waals surface area contributed by atoms with E-state index in [9.17, 15) is 5.26 Å². The maximum atomic E-state index is 9.29. The van der Waals surface area contributed by atoms with Gasteiger partial charge in [0.2, 0.25) is 0 Å². The minimum absolute atomic E-state index is 0.531. The number of likely N-dealkylation sites (N-methyl/N-ethyl adjacent to an activating group) is 1. The van der Waals surface area contributed by atoms with E-state index in [0.717, 1.165) is 24.0 Å². The van der Waals surface area contributed by atoms with Crippen molar-refractivity contribution in [3.8, 4) is 6.07 Å². The molecule has 108 valence electrons. The number of rotatable bonds is 1. The van der Waals surface area contributed by atoms with Crippen molar-refractivity contribution < 1.29 is 0 Å². The maximum Gasteiger partial charge on any atom is 0.0998 e. The van der Waals surface area contributed by atoms with Gasteiger partial charge in [-0.25, -0.2) is 0 Å². The van der Waals surface area contributed by atoms with Gasteiger partial charge in [-0.1, -0.05) is 24.3 Å². The van der Waals surface area contributed by atoms with Gasteiger partial charge in [-0.2, -0.15) is 5.26 Å². The third-order valence-corrected chi connectivity index (χ3v) is 4.72. The predicted molar refractivity (Wildman–Crippen MR) is 87.6 cm³/mol. The van der Waals surface area contributed by atoms with Gasteiger partial charge in [0.1, 0.15) is 0 Å². The molecule has 0 spiro atoms. The van der Waals surface area contributed by atoms with Crippen LogP contribution < -0.4 is 4.90 Å². The quantitative estimate of drug-likeness (QED) is 0.803. The van der Waals surface area contributed by atoms with Crippen molar-refractivity contribution in [3.05, 3.63) is 42.0 Å². The van der Waals surface area contributed by atoms with Crippen LogP contribution in [-0.4, -0.2) is 37.1 Å². The van der Waals surface area contributed by atoms with Gasteiger partial charge in [0.05, 0.1) is 11.6 Å². The molecule has 1 aliphatic rings. The summed E-state index contributed by atoms with van der Waals surface area (Å²) in [6.07, 6.45) is 0. The van der Waals surface area contributed by atoms with Crippen molar-refractivity contribution in [2.24, 2.45) is 0 Å². The second-order valence-corrected chi connectivity index (χ2v) is 6.06. The van der Waals surface area contributed by atoms with Crippen LogP contribution in [0.1, 0.15) is 19.4 Å². The van der Waals surface area contributed by atoms with Gasteiger partial charge >= 0.3 is 0 Å². The van der Waals surface area contributed by atoms with Gasteiger partial charge in [0.15, 0.2) is 0 Å². The van der Waals surface area contributed by atoms with Crippen LogP contribution in [0.25, 0.3) is 10.8 Å². The first-order valence-electron chi connectivity index (χ1n) is 7.50. The van der Waals surface area contributed by atoms with E-state index in [4.69, 9.17) is 0 Å². The van der Waals surface area contributed by atoms with E-state index in [1.165, 1.54) is 11.1 Å². The number of anilines is 1. The van der Waals surface area contributed by atoms with E-state index in [0.29, 0.717) is 12.1 Å². The molecule has 2 atom stereocenters. The molecule has 1 saturated heterocycles. The Kier molecular flexibility index (Phi) is 3.57. The largest absolute Gasteiger partial charge is 0.368 e. The van der Waals surface area contributed by atoms with E-state index in [1.807, 2.05) is 18.2 Å². The third kappa shape index (κ3) is 2.36. The zero-order valence-electron chi connectivity index (χ0n) is 12.9. The smallest absolute Gasteiger partial charge is 0.0998 e. The lowest BCUT2D eigenvalue weighted by Crippen LogP contribution is -2.55. The normalized spacial score (nSPS) is 23.2. The molecule has 0 amide bonds. The fourth-order valence-electron chi connectivity index (χ4n) is 3.26. The van der Waals surface area contributed by atoms with Gasteiger partial charge in [-0.3, -0.25) is 4.90 Å². The standard InChI is InChI=1S/C18H21N3/c1-13-11-21(12-14(2)20(13)3)18-9-8-15(10-19)16-6-4-5-7-17(16)18/h4-9,13-14H,11-12H2,1-3H3. The fraction of sp³-hybridized carbons (Fsp3) is 0.389. The molecular weight excluding hydrogens is 258 g/mol. The van der Waals surface area contributed by atoms with Crippen molar-refractivity contribution in [1.82, 2.24) is 4.90 Å². The van der Waals surface area contributed by atoms with Gasteiger partial charge < -0.3 is 4.90 Å². The lowest BCUT2D eigenvalue weighted by Gasteiger charge is -2.43. The van der Waals surface area contributed by atoms with Crippen LogP contribution in [0.2, 0.25) is 0 Å². The number of nitrogens with zero attached hydrogens (tertiary/aromatic N) is 3. The second-order valence-electron chi connectivity index (χ2n) is 6.06. The molecule has 2 aromatic carbocycles. The molecule has 0 bridgehead atoms. The Balaban J connectivity index is 2.08. The molecule has 1 aliphatic heterocycles. The monoisotopic (exact) mass is 279 g/mol. The lowest BCUT2D eigenvalue weighted by molar-refractivity contribution is 0.170. The first kappa shape index (κ1) is 13.9. The first-order valence-corrected chi connectivity index (χ1v) is 7.50. The highest BCUT2D eigenvalue weighted by Crippen LogP contribution is 2.31. The van der Waals surface area contributed by atoms with Gasteiger partial charge in [0.25, 0.3) is 0 Å². The summed E-state index contributed by atoms with van der Waals surface area (Å²) in [6.45, 7) is 6.59. The Labute approximate surface area is 126 Å². The van der Waals surface area contributed by atoms with Crippen LogP contribution in [0.4, 0.5) is 5.69 Å². The molecule has 3 rings (SSSR count). The molecule has 21 heavy (non-hydrogen) atoms. The summed E-state index contributed by atoms with van der Waals surface area (Å²) in [7, 11) is 2.20. The Bertz CT molecular complexity index is 689. The second kappa shape index (κ2) is 5.38. The average Bonchev–Trinajstić information content (AvgIpc) is 2.51. The number of hydrogen-bond donors (Lipinski definition) is 0. The van der Waals surface area contributed by atoms with E-state index in [2.05, 4.69) is 55.0 Å². The van der Waals surface area contributed by atoms with Crippen molar-refractivity contribution in [2.45, 2.75) is 25.9 Å². The molecule has 0 saturated carbocycles. The van der Waals surface area contributed by atoms with E-state index >= 15 is 0 Å². The highest BCUT2D eigenvalue weighted by Gasteiger charge is 2.27. The van der Waals surface area contributed by atoms with Crippen molar-refractivity contribution in [2.75, 3.05) is 25.0 Å². The number of nitriles is 1. The summed E-state index contributed by atoms with van der Waals surface area (Å²) in [5.74, 6) is 0. The van der Waals surface area contributed by atoms with Crippen LogP contribution >= 0.6 is 0 Å². The molecule has 1 heterocycles. The number of piperazine rings is 1. The molecule has 0 aromatic heterocycles. The molecule has 0 aliphatic carbocycles. The number of fused-ring (bicyclic) bond motifs is 1. The Morgan fingerprint density at radius 1 is 1.00 bits per heavy atom. The van der Waals surface area contributed by atoms with Crippen molar-refractivity contribution in [1.29, 1.82) is 5.26 Å². The van der Waals surface area contributed by atoms with Gasteiger partial charge in [-0.05, 0) is 33.0 Å². The van der Waals surface area contributed by atoms with Crippen LogP contribution in [-0.2, 0) is 0 Å². The Morgan fingerprint density at radius 3 is 2.24 bits per heavy atom. The molecule has 3 nitrogen and oxygen atoms in total. The highest BCUT2D eigenvalue weighted by molar-refractivity contribution is 5.97. The minimum atomic E-state index is 0.531. The minimum Gasteiger partial charge on any atom is -0.368 e. The lowest BCUT2D eigenvalue weighted by atomic mass is 10.0. The number of hydrogen-bond acceptors (Lipinski definition) is 3. The summed E-state index contributed by atoms with van der Waals surface area (Å²) in [4.78, 5) is 4.89. The zero-order valence-corrected chi connectivity index (χ0v) is 12.9. The summed E-state index contributed by atoms with van der Waals surface area (Å²) in [5, 5.41) is 11.5. The molecule has 3 heteroatoms. The first-order chi connectivity index (χ1) is 10.1. The van der Waals surface area contributed by atoms with Crippen LogP contribution in [0, 0.1) is 11.3 Å². The van der Waals surface area contributed by atoms with E-state index in [1.54, 1.807) is 0 Å². The van der Waals surface area contributed by atoms with Gasteiger partial charge in [0, 0.05) is 41.6 Å². The summed E-state index contributed by atoms with van der Waals surface area (Å²) >= 11 is 0. The summed E-state index contributed by atoms with van der Waals surface area (Å²) < 4.78 is 0. The molecular formula is C18H21N3. The molecule has 2 unspecified atom stereocenters. The Hall–Kier alpha value is -2.05. The van der Waals surface area contributed by atoms with Crippen LogP contribution in [0.5, 0.6) is 0 Å². The maximum absolute atomic E-state index is 9.29. The summed E-state index contributed by atoms with van der Waals surface area (Å²) in [5.41, 5.74) is 2.00. The third-order valence-electron chi connectivity index (χ3n) is 4.72. The topological polar surface area (TPSA) is 30.3 Å². The Morgan fingerprint density at radius 2 is 1.62 bits per heavy atom. The molecule has 0 radical (unpaired) electrons. The highest BCUT2D eigenvalue weighted by atomic mass is 15.3. The molecule has 1 fully saturated rings. The van der Waals surface area contributed by atoms with Crippen molar-refractivity contribution in [3.63, 3.8) is 0 Å².